The maximum absolute atomic E-state index is 6.18. The van der Waals surface area contributed by atoms with Crippen LogP contribution in [0.2, 0.25) is 0 Å². The molecule has 3 rings (SSSR count). The number of anilines is 1. The maximum Gasteiger partial charge on any atom is 0.193 e. The third kappa shape index (κ3) is 4.35. The Hall–Kier alpha value is -2.69. The normalized spacial score (nSPS) is 16.2. The zero-order valence-electron chi connectivity index (χ0n) is 16.4. The average molecular weight is 367 g/mol. The molecular weight excluding hydrogens is 338 g/mol. The van der Waals surface area contributed by atoms with E-state index in [1.165, 1.54) is 24.0 Å². The summed E-state index contributed by atoms with van der Waals surface area (Å²) in [6.45, 7) is 2.84. The summed E-state index contributed by atoms with van der Waals surface area (Å²) < 4.78 is 10.6. The smallest absolute Gasteiger partial charge is 0.193 e. The Morgan fingerprint density at radius 2 is 1.81 bits per heavy atom. The monoisotopic (exact) mass is 367 g/mol. The van der Waals surface area contributed by atoms with Crippen LogP contribution >= 0.6 is 0 Å². The first-order valence-corrected chi connectivity index (χ1v) is 9.42. The van der Waals surface area contributed by atoms with E-state index in [1.54, 1.807) is 14.2 Å². The van der Waals surface area contributed by atoms with Crippen molar-refractivity contribution in [2.24, 2.45) is 10.7 Å². The highest BCUT2D eigenvalue weighted by Crippen LogP contribution is 2.41. The molecule has 2 aromatic carbocycles. The number of guanidine groups is 1. The van der Waals surface area contributed by atoms with Crippen molar-refractivity contribution < 1.29 is 9.47 Å². The van der Waals surface area contributed by atoms with Gasteiger partial charge in [-0.2, -0.15) is 0 Å². The number of rotatable bonds is 6. The van der Waals surface area contributed by atoms with E-state index in [9.17, 15) is 0 Å². The first kappa shape index (κ1) is 19.1. The molecule has 1 aliphatic rings. The second-order valence-electron chi connectivity index (χ2n) is 7.25. The summed E-state index contributed by atoms with van der Waals surface area (Å²) in [7, 11) is 3.23. The average Bonchev–Trinajstić information content (AvgIpc) is 3.16. The molecule has 0 atom stereocenters. The van der Waals surface area contributed by atoms with Crippen LogP contribution in [0.5, 0.6) is 11.5 Å². The van der Waals surface area contributed by atoms with Crippen molar-refractivity contribution in [3.63, 3.8) is 0 Å². The summed E-state index contributed by atoms with van der Waals surface area (Å²) in [5.74, 6) is 1.76. The largest absolute Gasteiger partial charge is 0.493 e. The van der Waals surface area contributed by atoms with E-state index >= 15 is 0 Å². The van der Waals surface area contributed by atoms with Gasteiger partial charge in [0.1, 0.15) is 0 Å². The quantitative estimate of drug-likeness (QED) is 0.591. The molecule has 0 radical (unpaired) electrons. The summed E-state index contributed by atoms with van der Waals surface area (Å²) in [6, 6.07) is 14.4. The van der Waals surface area contributed by atoms with Crippen molar-refractivity contribution in [2.75, 3.05) is 26.1 Å². The van der Waals surface area contributed by atoms with Gasteiger partial charge in [-0.15, -0.1) is 0 Å². The van der Waals surface area contributed by atoms with Gasteiger partial charge in [0.05, 0.1) is 20.8 Å². The van der Waals surface area contributed by atoms with Gasteiger partial charge < -0.3 is 20.5 Å². The molecule has 1 aliphatic carbocycles. The Morgan fingerprint density at radius 3 is 2.48 bits per heavy atom. The Balaban J connectivity index is 1.75. The molecule has 144 valence electrons. The van der Waals surface area contributed by atoms with Gasteiger partial charge >= 0.3 is 0 Å². The van der Waals surface area contributed by atoms with Crippen molar-refractivity contribution in [1.82, 2.24) is 0 Å². The van der Waals surface area contributed by atoms with Gasteiger partial charge in [0.25, 0.3) is 0 Å². The number of aliphatic imine (C=N–C) groups is 1. The SMILES string of the molecule is COc1ccc(NC(N)=NCC2(c3cccc(C)c3)CCCC2)cc1OC. The summed E-state index contributed by atoms with van der Waals surface area (Å²) in [5, 5.41) is 3.16. The predicted molar refractivity (Wildman–Crippen MR) is 111 cm³/mol. The lowest BCUT2D eigenvalue weighted by Gasteiger charge is -2.28. The molecule has 5 nitrogen and oxygen atoms in total. The standard InChI is InChI=1S/C22H29N3O2/c1-16-7-6-8-17(13-16)22(11-4-5-12-22)15-24-21(23)25-18-9-10-19(26-2)20(14-18)27-3/h6-10,13-14H,4-5,11-12,15H2,1-3H3,(H3,23,24,25). The van der Waals surface area contributed by atoms with E-state index in [2.05, 4.69) is 41.5 Å². The first-order valence-electron chi connectivity index (χ1n) is 9.42. The van der Waals surface area contributed by atoms with Crippen LogP contribution in [-0.2, 0) is 5.41 Å². The molecule has 0 saturated heterocycles. The number of hydrogen-bond acceptors (Lipinski definition) is 3. The van der Waals surface area contributed by atoms with E-state index in [4.69, 9.17) is 15.2 Å². The van der Waals surface area contributed by atoms with Crippen molar-refractivity contribution in [3.05, 3.63) is 53.6 Å². The number of nitrogens with two attached hydrogens (primary N) is 1. The maximum atomic E-state index is 6.18. The summed E-state index contributed by atoms with van der Waals surface area (Å²) in [6.07, 6.45) is 4.80. The molecule has 0 bridgehead atoms. The molecule has 27 heavy (non-hydrogen) atoms. The number of methoxy groups -OCH3 is 2. The van der Waals surface area contributed by atoms with Crippen LogP contribution in [-0.4, -0.2) is 26.7 Å². The van der Waals surface area contributed by atoms with Gasteiger partial charge in [-0.25, -0.2) is 0 Å². The Morgan fingerprint density at radius 1 is 1.07 bits per heavy atom. The van der Waals surface area contributed by atoms with Crippen LogP contribution in [0.4, 0.5) is 5.69 Å². The van der Waals surface area contributed by atoms with Crippen molar-refractivity contribution >= 4 is 11.6 Å². The zero-order chi connectivity index (χ0) is 19.3. The number of hydrogen-bond donors (Lipinski definition) is 2. The minimum absolute atomic E-state index is 0.0932. The Labute approximate surface area is 161 Å². The Bertz CT molecular complexity index is 811. The van der Waals surface area contributed by atoms with Crippen LogP contribution in [0.3, 0.4) is 0 Å². The second kappa shape index (κ2) is 8.33. The van der Waals surface area contributed by atoms with Crippen LogP contribution < -0.4 is 20.5 Å². The van der Waals surface area contributed by atoms with Crippen molar-refractivity contribution in [1.29, 1.82) is 0 Å². The highest BCUT2D eigenvalue weighted by Gasteiger charge is 2.35. The molecule has 0 spiro atoms. The molecule has 2 aromatic rings. The lowest BCUT2D eigenvalue weighted by Crippen LogP contribution is -2.30. The van der Waals surface area contributed by atoms with Gasteiger partial charge in [-0.1, -0.05) is 42.7 Å². The number of nitrogens with zero attached hydrogens (tertiary/aromatic N) is 1. The van der Waals surface area contributed by atoms with Crippen LogP contribution in [0, 0.1) is 6.92 Å². The highest BCUT2D eigenvalue weighted by atomic mass is 16.5. The fraction of sp³-hybridized carbons (Fsp3) is 0.409. The number of aryl methyl sites for hydroxylation is 1. The van der Waals surface area contributed by atoms with Crippen LogP contribution in [0.1, 0.15) is 36.8 Å². The second-order valence-corrected chi connectivity index (χ2v) is 7.25. The van der Waals surface area contributed by atoms with E-state index in [-0.39, 0.29) is 5.41 Å². The number of benzene rings is 2. The van der Waals surface area contributed by atoms with Gasteiger partial charge in [0.2, 0.25) is 0 Å². The summed E-state index contributed by atoms with van der Waals surface area (Å²) >= 11 is 0. The third-order valence-electron chi connectivity index (χ3n) is 5.40. The van der Waals surface area contributed by atoms with Gasteiger partial charge in [0.15, 0.2) is 17.5 Å². The number of nitrogens with one attached hydrogen (secondary N) is 1. The highest BCUT2D eigenvalue weighted by molar-refractivity contribution is 5.92. The molecule has 5 heteroatoms. The molecular formula is C22H29N3O2. The van der Waals surface area contributed by atoms with Gasteiger partial charge in [-0.3, -0.25) is 4.99 Å². The first-order chi connectivity index (χ1) is 13.1. The zero-order valence-corrected chi connectivity index (χ0v) is 16.4. The van der Waals surface area contributed by atoms with Gasteiger partial charge in [-0.05, 0) is 37.5 Å². The summed E-state index contributed by atoms with van der Waals surface area (Å²) in [5.41, 5.74) is 9.77. The lowest BCUT2D eigenvalue weighted by molar-refractivity contribution is 0.355. The number of ether oxygens (including phenoxy) is 2. The molecule has 0 amide bonds. The molecule has 0 aliphatic heterocycles. The van der Waals surface area contributed by atoms with E-state index in [0.29, 0.717) is 24.0 Å². The molecule has 0 unspecified atom stereocenters. The molecule has 0 heterocycles. The molecule has 0 aromatic heterocycles. The summed E-state index contributed by atoms with van der Waals surface area (Å²) in [4.78, 5) is 4.69. The van der Waals surface area contributed by atoms with Gasteiger partial charge in [0, 0.05) is 17.2 Å². The molecule has 1 fully saturated rings. The Kier molecular flexibility index (Phi) is 5.89. The van der Waals surface area contributed by atoms with E-state index < -0.39 is 0 Å². The van der Waals surface area contributed by atoms with Crippen molar-refractivity contribution in [3.8, 4) is 11.5 Å². The minimum atomic E-state index is 0.0932. The van der Waals surface area contributed by atoms with Crippen LogP contribution in [0.25, 0.3) is 0 Å². The third-order valence-corrected chi connectivity index (χ3v) is 5.40. The minimum Gasteiger partial charge on any atom is -0.493 e. The molecule has 3 N–H and O–H groups in total. The topological polar surface area (TPSA) is 68.9 Å². The molecule has 1 saturated carbocycles. The van der Waals surface area contributed by atoms with Crippen molar-refractivity contribution in [2.45, 2.75) is 38.0 Å². The van der Waals surface area contributed by atoms with E-state index in [0.717, 1.165) is 18.5 Å². The van der Waals surface area contributed by atoms with E-state index in [1.807, 2.05) is 18.2 Å². The predicted octanol–water partition coefficient (Wildman–Crippen LogP) is 4.25. The fourth-order valence-corrected chi connectivity index (χ4v) is 3.90. The van der Waals surface area contributed by atoms with Crippen LogP contribution in [0.15, 0.2) is 47.5 Å². The fourth-order valence-electron chi connectivity index (χ4n) is 3.90. The lowest BCUT2D eigenvalue weighted by atomic mass is 9.78.